The molecule has 0 fully saturated rings. The lowest BCUT2D eigenvalue weighted by molar-refractivity contribution is 0.701. The van der Waals surface area contributed by atoms with Crippen molar-refractivity contribution in [3.8, 4) is 0 Å². The molecule has 1 aromatic carbocycles. The third-order valence-electron chi connectivity index (χ3n) is 3.42. The van der Waals surface area contributed by atoms with Crippen molar-refractivity contribution < 1.29 is 0 Å². The van der Waals surface area contributed by atoms with Gasteiger partial charge in [0.2, 0.25) is 0 Å². The van der Waals surface area contributed by atoms with Gasteiger partial charge >= 0.3 is 0 Å². The molecule has 0 aliphatic rings. The summed E-state index contributed by atoms with van der Waals surface area (Å²) in [6, 6.07) is 0. The van der Waals surface area contributed by atoms with Crippen LogP contribution >= 0.6 is 0 Å². The molecular formula is C16H30N2O2. The Kier molecular flexibility index (Phi) is 8.93. The Morgan fingerprint density at radius 3 is 1.80 bits per heavy atom. The average Bonchev–Trinajstić information content (AvgIpc) is 2.49. The Morgan fingerprint density at radius 1 is 0.850 bits per heavy atom. The number of hydrogen-bond acceptors (Lipinski definition) is 4. The summed E-state index contributed by atoms with van der Waals surface area (Å²) < 4.78 is 0. The van der Waals surface area contributed by atoms with Gasteiger partial charge in [0.15, 0.2) is 0 Å². The summed E-state index contributed by atoms with van der Waals surface area (Å²) in [7, 11) is 1.90. The lowest BCUT2D eigenvalue weighted by atomic mass is 10.1. The van der Waals surface area contributed by atoms with E-state index < -0.39 is 0 Å². The van der Waals surface area contributed by atoms with Gasteiger partial charge < -0.3 is 9.80 Å². The van der Waals surface area contributed by atoms with E-state index in [1.165, 1.54) is 0 Å². The van der Waals surface area contributed by atoms with Gasteiger partial charge in [0.05, 0.1) is 0 Å². The van der Waals surface area contributed by atoms with Crippen LogP contribution in [0.5, 0.6) is 0 Å². The third-order valence-corrected chi connectivity index (χ3v) is 3.42. The van der Waals surface area contributed by atoms with Crippen molar-refractivity contribution in [2.24, 2.45) is 0 Å². The molecule has 4 heteroatoms. The van der Waals surface area contributed by atoms with Crippen LogP contribution in [0.4, 0.5) is 11.4 Å². The molecule has 20 heavy (non-hydrogen) atoms. The number of anilines is 2. The van der Waals surface area contributed by atoms with E-state index in [1.807, 2.05) is 44.5 Å². The summed E-state index contributed by atoms with van der Waals surface area (Å²) >= 11 is 0. The first kappa shape index (κ1) is 18.7. The van der Waals surface area contributed by atoms with Gasteiger partial charge in [0.25, 0.3) is 10.9 Å². The maximum absolute atomic E-state index is 11.7. The van der Waals surface area contributed by atoms with Crippen LogP contribution in [0.3, 0.4) is 0 Å². The molecule has 1 rings (SSSR count). The highest BCUT2D eigenvalue weighted by atomic mass is 16.2. The average molecular weight is 282 g/mol. The van der Waals surface area contributed by atoms with Crippen molar-refractivity contribution in [1.29, 1.82) is 0 Å². The van der Waals surface area contributed by atoms with E-state index in [1.54, 1.807) is 0 Å². The Labute approximate surface area is 123 Å². The molecule has 0 saturated carbocycles. The molecule has 0 aliphatic carbocycles. The fraction of sp³-hybridized carbons (Fsp3) is 0.750. The molecule has 0 aliphatic heterocycles. The molecule has 0 saturated heterocycles. The number of rotatable bonds is 8. The molecule has 0 bridgehead atoms. The fourth-order valence-electron chi connectivity index (χ4n) is 2.27. The largest absolute Gasteiger partial charge is 0.370 e. The number of unbranched alkanes of at least 4 members (excludes halogenated alkanes) is 2. The van der Waals surface area contributed by atoms with Crippen LogP contribution in [-0.4, -0.2) is 26.7 Å². The third kappa shape index (κ3) is 4.09. The fourth-order valence-corrected chi connectivity index (χ4v) is 2.27. The van der Waals surface area contributed by atoms with Crippen molar-refractivity contribution in [2.75, 3.05) is 36.5 Å². The van der Waals surface area contributed by atoms with Crippen molar-refractivity contribution in [3.05, 3.63) is 20.4 Å². The van der Waals surface area contributed by atoms with Gasteiger partial charge in [-0.1, -0.05) is 33.6 Å². The lowest BCUT2D eigenvalue weighted by Gasteiger charge is -2.29. The van der Waals surface area contributed by atoms with Crippen molar-refractivity contribution in [2.45, 2.75) is 53.9 Å². The summed E-state index contributed by atoms with van der Waals surface area (Å²) in [6.45, 7) is 12.5. The minimum Gasteiger partial charge on any atom is -0.370 e. The van der Waals surface area contributed by atoms with E-state index in [9.17, 15) is 9.59 Å². The quantitative estimate of drug-likeness (QED) is 0.543. The monoisotopic (exact) mass is 282 g/mol. The van der Waals surface area contributed by atoms with Gasteiger partial charge in [0.1, 0.15) is 11.4 Å². The first-order chi connectivity index (χ1) is 9.58. The van der Waals surface area contributed by atoms with Gasteiger partial charge in [-0.3, -0.25) is 9.59 Å². The maximum atomic E-state index is 11.7. The second-order valence-corrected chi connectivity index (χ2v) is 4.66. The Morgan fingerprint density at radius 2 is 1.35 bits per heavy atom. The van der Waals surface area contributed by atoms with Crippen LogP contribution in [0.2, 0.25) is 0 Å². The Hall–Kier alpha value is -1.32. The summed E-state index contributed by atoms with van der Waals surface area (Å²) in [4.78, 5) is 27.3. The number of nitrogens with zero attached hydrogens (tertiary/aromatic N) is 2. The molecule has 0 unspecified atom stereocenters. The SMILES string of the molecule is CC.CCCCCN(C)c1c(N(CC)CC)c(=O)c1=O. The van der Waals surface area contributed by atoms with Crippen molar-refractivity contribution in [1.82, 2.24) is 0 Å². The Bertz CT molecular complexity index is 443. The smallest absolute Gasteiger partial charge is 0.253 e. The zero-order valence-electron chi connectivity index (χ0n) is 14.0. The maximum Gasteiger partial charge on any atom is 0.253 e. The highest BCUT2D eigenvalue weighted by Crippen LogP contribution is 2.23. The van der Waals surface area contributed by atoms with Crippen LogP contribution in [0.15, 0.2) is 9.59 Å². The molecule has 0 spiro atoms. The highest BCUT2D eigenvalue weighted by Gasteiger charge is 2.26. The minimum atomic E-state index is -0.323. The minimum absolute atomic E-state index is 0.323. The molecule has 0 N–H and O–H groups in total. The zero-order valence-corrected chi connectivity index (χ0v) is 14.0. The summed E-state index contributed by atoms with van der Waals surface area (Å²) in [5, 5.41) is 0. The molecular weight excluding hydrogens is 252 g/mol. The summed E-state index contributed by atoms with van der Waals surface area (Å²) in [5.74, 6) is 0. The second kappa shape index (κ2) is 9.56. The van der Waals surface area contributed by atoms with Crippen LogP contribution in [-0.2, 0) is 0 Å². The van der Waals surface area contributed by atoms with E-state index in [0.29, 0.717) is 11.4 Å². The first-order valence-electron chi connectivity index (χ1n) is 7.87. The molecule has 4 nitrogen and oxygen atoms in total. The van der Waals surface area contributed by atoms with Gasteiger partial charge in [-0.05, 0) is 20.3 Å². The van der Waals surface area contributed by atoms with Crippen molar-refractivity contribution >= 4 is 11.4 Å². The molecule has 0 amide bonds. The van der Waals surface area contributed by atoms with Crippen LogP contribution < -0.4 is 20.7 Å². The lowest BCUT2D eigenvalue weighted by Crippen LogP contribution is -2.45. The number of hydrogen-bond donors (Lipinski definition) is 0. The molecule has 0 radical (unpaired) electrons. The Balaban J connectivity index is 0.00000172. The van der Waals surface area contributed by atoms with E-state index in [4.69, 9.17) is 0 Å². The van der Waals surface area contributed by atoms with Crippen molar-refractivity contribution in [3.63, 3.8) is 0 Å². The molecule has 0 atom stereocenters. The van der Waals surface area contributed by atoms with E-state index in [-0.39, 0.29) is 10.9 Å². The summed E-state index contributed by atoms with van der Waals surface area (Å²) in [6.07, 6.45) is 3.37. The van der Waals surface area contributed by atoms with Crippen LogP contribution in [0, 0.1) is 0 Å². The van der Waals surface area contributed by atoms with Crippen LogP contribution in [0.25, 0.3) is 0 Å². The molecule has 1 aromatic rings. The second-order valence-electron chi connectivity index (χ2n) is 4.66. The predicted octanol–water partition coefficient (Wildman–Crippen LogP) is 2.78. The van der Waals surface area contributed by atoms with Gasteiger partial charge in [-0.15, -0.1) is 0 Å². The zero-order chi connectivity index (χ0) is 15.7. The molecule has 116 valence electrons. The first-order valence-corrected chi connectivity index (χ1v) is 7.87. The van der Waals surface area contributed by atoms with E-state index >= 15 is 0 Å². The summed E-state index contributed by atoms with van der Waals surface area (Å²) in [5.41, 5.74) is 0.579. The van der Waals surface area contributed by atoms with Crippen LogP contribution in [0.1, 0.15) is 53.9 Å². The van der Waals surface area contributed by atoms with E-state index in [2.05, 4.69) is 6.92 Å². The molecule has 0 heterocycles. The predicted molar refractivity (Wildman–Crippen MR) is 89.1 cm³/mol. The van der Waals surface area contributed by atoms with Gasteiger partial charge in [-0.25, -0.2) is 0 Å². The highest BCUT2D eigenvalue weighted by molar-refractivity contribution is 5.76. The standard InChI is InChI=1S/C14H24N2O2.C2H6/c1-5-8-9-10-15(4)11-12(14(18)13(11)17)16(6-2)7-3;1-2/h5-10H2,1-4H3;1-2H3. The normalized spacial score (nSPS) is 10.1. The van der Waals surface area contributed by atoms with Gasteiger partial charge in [-0.2, -0.15) is 0 Å². The topological polar surface area (TPSA) is 40.6 Å². The van der Waals surface area contributed by atoms with E-state index in [0.717, 1.165) is 38.9 Å². The van der Waals surface area contributed by atoms with Gasteiger partial charge in [0, 0.05) is 26.7 Å². The molecule has 0 aromatic heterocycles.